The molecule has 0 aromatic heterocycles. The largest absolute Gasteiger partial charge is 0.481 e. The molecular weight excluding hydrogens is 364 g/mol. The maximum absolute atomic E-state index is 12.7. The Kier molecular flexibility index (Phi) is 14.1. The third-order valence-corrected chi connectivity index (χ3v) is 6.33. The Hall–Kier alpha value is -1.06. The zero-order valence-electron chi connectivity index (χ0n) is 19.3. The summed E-state index contributed by atoms with van der Waals surface area (Å²) < 4.78 is 5.94. The quantitative estimate of drug-likeness (QED) is 0.217. The predicted octanol–water partition coefficient (Wildman–Crippen LogP) is 7.15. The summed E-state index contributed by atoms with van der Waals surface area (Å²) in [6.45, 7) is 6.74. The number of ether oxygens (including phenoxy) is 1. The van der Waals surface area contributed by atoms with Gasteiger partial charge in [-0.25, -0.2) is 0 Å². The highest BCUT2D eigenvalue weighted by molar-refractivity contribution is 5.75. The number of carbonyl (C=O) groups excluding carboxylic acids is 1. The van der Waals surface area contributed by atoms with E-state index in [2.05, 4.69) is 20.8 Å². The molecule has 1 rings (SSSR count). The highest BCUT2D eigenvalue weighted by Gasteiger charge is 2.32. The van der Waals surface area contributed by atoms with Gasteiger partial charge < -0.3 is 9.84 Å². The molecule has 0 heterocycles. The van der Waals surface area contributed by atoms with Gasteiger partial charge in [0.25, 0.3) is 0 Å². The minimum Gasteiger partial charge on any atom is -0.481 e. The Labute approximate surface area is 179 Å². The second-order valence-corrected chi connectivity index (χ2v) is 9.55. The molecule has 1 fully saturated rings. The second-order valence-electron chi connectivity index (χ2n) is 9.55. The van der Waals surface area contributed by atoms with Crippen LogP contribution < -0.4 is 0 Å². The van der Waals surface area contributed by atoms with E-state index in [1.165, 1.54) is 51.4 Å². The molecule has 1 N–H and O–H groups in total. The van der Waals surface area contributed by atoms with Crippen LogP contribution in [-0.2, 0) is 14.3 Å². The first-order valence-corrected chi connectivity index (χ1v) is 12.4. The molecule has 29 heavy (non-hydrogen) atoms. The van der Waals surface area contributed by atoms with Crippen molar-refractivity contribution in [3.05, 3.63) is 0 Å². The smallest absolute Gasteiger partial charge is 0.309 e. The van der Waals surface area contributed by atoms with Crippen molar-refractivity contribution in [1.29, 1.82) is 0 Å². The molecule has 0 aliphatic heterocycles. The lowest BCUT2D eigenvalue weighted by molar-refractivity contribution is -0.158. The van der Waals surface area contributed by atoms with Crippen LogP contribution in [0.3, 0.4) is 0 Å². The van der Waals surface area contributed by atoms with Crippen LogP contribution in [0.1, 0.15) is 124 Å². The lowest BCUT2D eigenvalue weighted by Crippen LogP contribution is -2.31. The average Bonchev–Trinajstić information content (AvgIpc) is 2.70. The van der Waals surface area contributed by atoms with E-state index in [0.717, 1.165) is 38.5 Å². The summed E-state index contributed by atoms with van der Waals surface area (Å²) in [4.78, 5) is 24.0. The molecule has 4 heteroatoms. The van der Waals surface area contributed by atoms with E-state index in [-0.39, 0.29) is 23.9 Å². The van der Waals surface area contributed by atoms with Crippen LogP contribution in [-0.4, -0.2) is 23.1 Å². The molecule has 1 aliphatic rings. The highest BCUT2D eigenvalue weighted by Crippen LogP contribution is 2.31. The number of hydrogen-bond donors (Lipinski definition) is 1. The van der Waals surface area contributed by atoms with Gasteiger partial charge in [-0.05, 0) is 50.9 Å². The van der Waals surface area contributed by atoms with E-state index < -0.39 is 5.97 Å². The lowest BCUT2D eigenvalue weighted by Gasteiger charge is -2.27. The van der Waals surface area contributed by atoms with Gasteiger partial charge in [-0.1, -0.05) is 78.6 Å². The highest BCUT2D eigenvalue weighted by atomic mass is 16.5. The van der Waals surface area contributed by atoms with Crippen molar-refractivity contribution < 1.29 is 19.4 Å². The minimum absolute atomic E-state index is 0.00973. The molecule has 0 bridgehead atoms. The first-order valence-electron chi connectivity index (χ1n) is 12.4. The van der Waals surface area contributed by atoms with Crippen LogP contribution in [0.5, 0.6) is 0 Å². The summed E-state index contributed by atoms with van der Waals surface area (Å²) in [6.07, 6.45) is 17.0. The molecule has 3 unspecified atom stereocenters. The fourth-order valence-electron chi connectivity index (χ4n) is 4.40. The minimum atomic E-state index is -0.768. The molecule has 3 atom stereocenters. The van der Waals surface area contributed by atoms with Crippen molar-refractivity contribution in [3.8, 4) is 0 Å². The average molecular weight is 411 g/mol. The number of hydrogen-bond acceptors (Lipinski definition) is 3. The number of aliphatic carboxylic acids is 1. The second kappa shape index (κ2) is 15.7. The van der Waals surface area contributed by atoms with Crippen LogP contribution in [0.15, 0.2) is 0 Å². The van der Waals surface area contributed by atoms with Crippen LogP contribution >= 0.6 is 0 Å². The molecule has 4 nitrogen and oxygen atoms in total. The van der Waals surface area contributed by atoms with E-state index in [9.17, 15) is 14.7 Å². The van der Waals surface area contributed by atoms with E-state index in [4.69, 9.17) is 4.74 Å². The van der Waals surface area contributed by atoms with Crippen LogP contribution in [0, 0.1) is 17.8 Å². The van der Waals surface area contributed by atoms with Gasteiger partial charge in [-0.15, -0.1) is 0 Å². The molecule has 1 saturated carbocycles. The van der Waals surface area contributed by atoms with Crippen molar-refractivity contribution in [2.75, 3.05) is 0 Å². The van der Waals surface area contributed by atoms with Crippen LogP contribution in [0.4, 0.5) is 0 Å². The number of carboxylic acids is 1. The van der Waals surface area contributed by atoms with Gasteiger partial charge in [0.1, 0.15) is 6.10 Å². The molecule has 0 spiro atoms. The van der Waals surface area contributed by atoms with Gasteiger partial charge in [-0.2, -0.15) is 0 Å². The maximum atomic E-state index is 12.7. The van der Waals surface area contributed by atoms with Gasteiger partial charge >= 0.3 is 11.9 Å². The molecule has 0 saturated heterocycles. The van der Waals surface area contributed by atoms with Crippen molar-refractivity contribution in [3.63, 3.8) is 0 Å². The molecule has 1 aliphatic carbocycles. The zero-order chi connectivity index (χ0) is 21.5. The molecule has 0 aromatic carbocycles. The van der Waals surface area contributed by atoms with E-state index in [0.29, 0.717) is 18.8 Å². The summed E-state index contributed by atoms with van der Waals surface area (Å²) in [5.41, 5.74) is 0. The standard InChI is InChI=1S/C25H46O4/c1-4-5-6-7-8-9-10-17-23(18-12-11-14-20(2)3)29-25(28)22-16-13-15-21(19-22)24(26)27/h20-23H,4-19H2,1-3H3,(H,26,27). The predicted molar refractivity (Wildman–Crippen MR) is 119 cm³/mol. The number of carboxylic acid groups (broad SMARTS) is 1. The fraction of sp³-hybridized carbons (Fsp3) is 0.920. The summed E-state index contributed by atoms with van der Waals surface area (Å²) >= 11 is 0. The van der Waals surface area contributed by atoms with Crippen LogP contribution in [0.2, 0.25) is 0 Å². The van der Waals surface area contributed by atoms with Crippen molar-refractivity contribution in [2.45, 2.75) is 130 Å². The Morgan fingerprint density at radius 1 is 0.862 bits per heavy atom. The van der Waals surface area contributed by atoms with Gasteiger partial charge in [0.05, 0.1) is 11.8 Å². The fourth-order valence-corrected chi connectivity index (χ4v) is 4.40. The Balaban J connectivity index is 2.42. The Morgan fingerprint density at radius 2 is 1.41 bits per heavy atom. The van der Waals surface area contributed by atoms with E-state index in [1.54, 1.807) is 0 Å². The van der Waals surface area contributed by atoms with Gasteiger partial charge in [0, 0.05) is 0 Å². The maximum Gasteiger partial charge on any atom is 0.309 e. The van der Waals surface area contributed by atoms with Crippen molar-refractivity contribution >= 4 is 11.9 Å². The van der Waals surface area contributed by atoms with E-state index in [1.807, 2.05) is 0 Å². The summed E-state index contributed by atoms with van der Waals surface area (Å²) in [5.74, 6) is -0.802. The topological polar surface area (TPSA) is 63.6 Å². The number of carbonyl (C=O) groups is 2. The monoisotopic (exact) mass is 410 g/mol. The summed E-state index contributed by atoms with van der Waals surface area (Å²) in [6, 6.07) is 0. The van der Waals surface area contributed by atoms with Crippen molar-refractivity contribution in [1.82, 2.24) is 0 Å². The third-order valence-electron chi connectivity index (χ3n) is 6.33. The first kappa shape index (κ1) is 26.0. The third kappa shape index (κ3) is 12.3. The Bertz CT molecular complexity index is 446. The SMILES string of the molecule is CCCCCCCCCC(CCCCC(C)C)OC(=O)C1CCCC(C(=O)O)C1. The molecule has 170 valence electrons. The van der Waals surface area contributed by atoms with Crippen molar-refractivity contribution in [2.24, 2.45) is 17.8 Å². The number of unbranched alkanes of at least 4 members (excludes halogenated alkanes) is 7. The molecule has 0 aromatic rings. The Morgan fingerprint density at radius 3 is 2.03 bits per heavy atom. The zero-order valence-corrected chi connectivity index (χ0v) is 19.3. The molecule has 0 radical (unpaired) electrons. The normalized spacial score (nSPS) is 20.6. The number of esters is 1. The molecular formula is C25H46O4. The summed E-state index contributed by atoms with van der Waals surface area (Å²) in [7, 11) is 0. The first-order chi connectivity index (χ1) is 13.9. The van der Waals surface area contributed by atoms with Gasteiger partial charge in [-0.3, -0.25) is 9.59 Å². The molecule has 0 amide bonds. The van der Waals surface area contributed by atoms with E-state index >= 15 is 0 Å². The van der Waals surface area contributed by atoms with Gasteiger partial charge in [0.2, 0.25) is 0 Å². The number of rotatable bonds is 16. The van der Waals surface area contributed by atoms with Crippen LogP contribution in [0.25, 0.3) is 0 Å². The van der Waals surface area contributed by atoms with Gasteiger partial charge in [0.15, 0.2) is 0 Å². The summed E-state index contributed by atoms with van der Waals surface area (Å²) in [5, 5.41) is 9.28. The lowest BCUT2D eigenvalue weighted by atomic mass is 9.81.